The third-order valence-corrected chi connectivity index (χ3v) is 3.71. The predicted molar refractivity (Wildman–Crippen MR) is 79.6 cm³/mol. The van der Waals surface area contributed by atoms with Crippen molar-refractivity contribution in [3.63, 3.8) is 0 Å². The summed E-state index contributed by atoms with van der Waals surface area (Å²) in [5, 5.41) is 0. The van der Waals surface area contributed by atoms with E-state index in [-0.39, 0.29) is 11.9 Å². The SMILES string of the molecule is CC(Oc1cccc(C(C)N)c1)C(=O)N1CCCCC1. The van der Waals surface area contributed by atoms with Crippen LogP contribution >= 0.6 is 0 Å². The second-order valence-electron chi connectivity index (χ2n) is 5.51. The Labute approximate surface area is 120 Å². The number of nitrogens with two attached hydrogens (primary N) is 1. The van der Waals surface area contributed by atoms with E-state index in [2.05, 4.69) is 0 Å². The molecule has 4 heteroatoms. The molecule has 0 aromatic heterocycles. The van der Waals surface area contributed by atoms with Gasteiger partial charge in [0, 0.05) is 19.1 Å². The molecule has 2 atom stereocenters. The van der Waals surface area contributed by atoms with Gasteiger partial charge in [0.25, 0.3) is 5.91 Å². The second kappa shape index (κ2) is 6.75. The smallest absolute Gasteiger partial charge is 0.263 e. The maximum atomic E-state index is 12.3. The van der Waals surface area contributed by atoms with E-state index < -0.39 is 6.10 Å². The van der Waals surface area contributed by atoms with Gasteiger partial charge in [0.1, 0.15) is 5.75 Å². The summed E-state index contributed by atoms with van der Waals surface area (Å²) in [5.74, 6) is 0.786. The van der Waals surface area contributed by atoms with Gasteiger partial charge in [-0.1, -0.05) is 12.1 Å². The number of piperidine rings is 1. The van der Waals surface area contributed by atoms with E-state index in [1.165, 1.54) is 6.42 Å². The number of amides is 1. The van der Waals surface area contributed by atoms with Crippen LogP contribution in [-0.2, 0) is 4.79 Å². The van der Waals surface area contributed by atoms with Crippen molar-refractivity contribution in [1.82, 2.24) is 4.90 Å². The molecule has 110 valence electrons. The van der Waals surface area contributed by atoms with Gasteiger partial charge in [0.05, 0.1) is 0 Å². The van der Waals surface area contributed by atoms with Gasteiger partial charge in [-0.3, -0.25) is 4.79 Å². The molecule has 4 nitrogen and oxygen atoms in total. The predicted octanol–water partition coefficient (Wildman–Crippen LogP) is 2.49. The molecule has 0 saturated carbocycles. The highest BCUT2D eigenvalue weighted by molar-refractivity contribution is 5.81. The van der Waals surface area contributed by atoms with Crippen molar-refractivity contribution >= 4 is 5.91 Å². The maximum Gasteiger partial charge on any atom is 0.263 e. The molecular weight excluding hydrogens is 252 g/mol. The lowest BCUT2D eigenvalue weighted by molar-refractivity contribution is -0.138. The van der Waals surface area contributed by atoms with E-state index in [9.17, 15) is 4.79 Å². The number of ether oxygens (including phenoxy) is 1. The summed E-state index contributed by atoms with van der Waals surface area (Å²) in [6.07, 6.45) is 2.96. The summed E-state index contributed by atoms with van der Waals surface area (Å²) in [5.41, 5.74) is 6.87. The number of rotatable bonds is 4. The number of likely N-dealkylation sites (tertiary alicyclic amines) is 1. The molecule has 0 spiro atoms. The normalized spacial score (nSPS) is 18.4. The van der Waals surface area contributed by atoms with Gasteiger partial charge in [-0.15, -0.1) is 0 Å². The van der Waals surface area contributed by atoms with Crippen molar-refractivity contribution in [2.75, 3.05) is 13.1 Å². The Morgan fingerprint density at radius 3 is 2.60 bits per heavy atom. The molecule has 0 aliphatic carbocycles. The number of hydrogen-bond acceptors (Lipinski definition) is 3. The molecule has 2 unspecified atom stereocenters. The Hall–Kier alpha value is -1.55. The zero-order chi connectivity index (χ0) is 14.5. The van der Waals surface area contributed by atoms with Gasteiger partial charge in [0.2, 0.25) is 0 Å². The molecule has 1 aromatic carbocycles. The van der Waals surface area contributed by atoms with Gasteiger partial charge in [-0.05, 0) is 50.8 Å². The zero-order valence-electron chi connectivity index (χ0n) is 12.3. The lowest BCUT2D eigenvalue weighted by atomic mass is 10.1. The van der Waals surface area contributed by atoms with Crippen LogP contribution < -0.4 is 10.5 Å². The summed E-state index contributed by atoms with van der Waals surface area (Å²) >= 11 is 0. The molecule has 1 aliphatic rings. The topological polar surface area (TPSA) is 55.6 Å². The summed E-state index contributed by atoms with van der Waals surface area (Å²) < 4.78 is 5.77. The first-order valence-corrected chi connectivity index (χ1v) is 7.39. The van der Waals surface area contributed by atoms with Crippen LogP contribution in [0.3, 0.4) is 0 Å². The highest BCUT2D eigenvalue weighted by Crippen LogP contribution is 2.19. The monoisotopic (exact) mass is 276 g/mol. The Kier molecular flexibility index (Phi) is 5.01. The van der Waals surface area contributed by atoms with Gasteiger partial charge in [0.15, 0.2) is 6.10 Å². The van der Waals surface area contributed by atoms with E-state index in [1.54, 1.807) is 0 Å². The molecule has 0 radical (unpaired) electrons. The van der Waals surface area contributed by atoms with Crippen LogP contribution in [0.4, 0.5) is 0 Å². The molecule has 1 heterocycles. The third-order valence-electron chi connectivity index (χ3n) is 3.71. The van der Waals surface area contributed by atoms with Crippen molar-refractivity contribution in [2.24, 2.45) is 5.73 Å². The maximum absolute atomic E-state index is 12.3. The molecule has 1 fully saturated rings. The minimum absolute atomic E-state index is 0.0355. The van der Waals surface area contributed by atoms with Crippen molar-refractivity contribution < 1.29 is 9.53 Å². The first-order valence-electron chi connectivity index (χ1n) is 7.39. The molecule has 2 N–H and O–H groups in total. The molecule has 1 aromatic rings. The van der Waals surface area contributed by atoms with E-state index in [0.29, 0.717) is 5.75 Å². The van der Waals surface area contributed by atoms with Gasteiger partial charge in [-0.25, -0.2) is 0 Å². The molecule has 1 amide bonds. The van der Waals surface area contributed by atoms with Crippen LogP contribution in [0.15, 0.2) is 24.3 Å². The molecule has 20 heavy (non-hydrogen) atoms. The summed E-state index contributed by atoms with van der Waals surface area (Å²) in [4.78, 5) is 14.2. The molecule has 2 rings (SSSR count). The quantitative estimate of drug-likeness (QED) is 0.919. The first kappa shape index (κ1) is 14.9. The fourth-order valence-corrected chi connectivity index (χ4v) is 2.50. The average Bonchev–Trinajstić information content (AvgIpc) is 2.47. The van der Waals surface area contributed by atoms with Crippen LogP contribution in [0.1, 0.15) is 44.7 Å². The highest BCUT2D eigenvalue weighted by Gasteiger charge is 2.23. The number of carbonyl (C=O) groups excluding carboxylic acids is 1. The standard InChI is InChI=1S/C16H24N2O2/c1-12(17)14-7-6-8-15(11-14)20-13(2)16(19)18-9-4-3-5-10-18/h6-8,11-13H,3-5,9-10,17H2,1-2H3. The van der Waals surface area contributed by atoms with Crippen molar-refractivity contribution in [1.29, 1.82) is 0 Å². The minimum atomic E-state index is -0.448. The molecule has 1 aliphatic heterocycles. The Morgan fingerprint density at radius 2 is 1.95 bits per heavy atom. The summed E-state index contributed by atoms with van der Waals surface area (Å²) in [6.45, 7) is 5.45. The summed E-state index contributed by atoms with van der Waals surface area (Å²) in [7, 11) is 0. The zero-order valence-corrected chi connectivity index (χ0v) is 12.3. The largest absolute Gasteiger partial charge is 0.481 e. The fourth-order valence-electron chi connectivity index (χ4n) is 2.50. The lowest BCUT2D eigenvalue weighted by Crippen LogP contribution is -2.43. The van der Waals surface area contributed by atoms with Crippen molar-refractivity contribution in [2.45, 2.75) is 45.3 Å². The third kappa shape index (κ3) is 3.73. The molecule has 0 bridgehead atoms. The number of nitrogens with zero attached hydrogens (tertiary/aromatic N) is 1. The average molecular weight is 276 g/mol. The first-order chi connectivity index (χ1) is 9.58. The van der Waals surface area contributed by atoms with Crippen LogP contribution in [0.5, 0.6) is 5.75 Å². The number of benzene rings is 1. The Balaban J connectivity index is 1.97. The lowest BCUT2D eigenvalue weighted by Gasteiger charge is -2.29. The van der Waals surface area contributed by atoms with E-state index in [4.69, 9.17) is 10.5 Å². The van der Waals surface area contributed by atoms with Crippen LogP contribution in [-0.4, -0.2) is 30.0 Å². The van der Waals surface area contributed by atoms with Gasteiger partial charge in [-0.2, -0.15) is 0 Å². The highest BCUT2D eigenvalue weighted by atomic mass is 16.5. The van der Waals surface area contributed by atoms with E-state index >= 15 is 0 Å². The molecular formula is C16H24N2O2. The van der Waals surface area contributed by atoms with Crippen LogP contribution in [0.2, 0.25) is 0 Å². The minimum Gasteiger partial charge on any atom is -0.481 e. The number of hydrogen-bond donors (Lipinski definition) is 1. The van der Waals surface area contributed by atoms with Crippen molar-refractivity contribution in [3.8, 4) is 5.75 Å². The second-order valence-corrected chi connectivity index (χ2v) is 5.51. The molecule has 1 saturated heterocycles. The van der Waals surface area contributed by atoms with Crippen molar-refractivity contribution in [3.05, 3.63) is 29.8 Å². The van der Waals surface area contributed by atoms with Gasteiger partial charge >= 0.3 is 0 Å². The van der Waals surface area contributed by atoms with Crippen LogP contribution in [0, 0.1) is 0 Å². The van der Waals surface area contributed by atoms with E-state index in [1.807, 2.05) is 43.0 Å². The Morgan fingerprint density at radius 1 is 1.25 bits per heavy atom. The Bertz CT molecular complexity index is 454. The van der Waals surface area contributed by atoms with E-state index in [0.717, 1.165) is 31.5 Å². The summed E-state index contributed by atoms with van der Waals surface area (Å²) in [6, 6.07) is 7.61. The number of carbonyl (C=O) groups is 1. The van der Waals surface area contributed by atoms with Crippen LogP contribution in [0.25, 0.3) is 0 Å². The van der Waals surface area contributed by atoms with Gasteiger partial charge < -0.3 is 15.4 Å². The fraction of sp³-hybridized carbons (Fsp3) is 0.562.